The summed E-state index contributed by atoms with van der Waals surface area (Å²) in [6, 6.07) is 23.2. The number of ether oxygens (including phenoxy) is 1. The van der Waals surface area contributed by atoms with E-state index in [0.29, 0.717) is 30.1 Å². The van der Waals surface area contributed by atoms with Crippen molar-refractivity contribution in [3.05, 3.63) is 90.3 Å². The molecule has 1 aliphatic heterocycles. The highest BCUT2D eigenvalue weighted by atomic mass is 16.6. The lowest BCUT2D eigenvalue weighted by Crippen LogP contribution is -2.49. The van der Waals surface area contributed by atoms with Crippen LogP contribution in [-0.2, 0) is 11.3 Å². The van der Waals surface area contributed by atoms with E-state index in [0.717, 1.165) is 47.2 Å². The van der Waals surface area contributed by atoms with E-state index in [-0.39, 0.29) is 17.7 Å². The number of fused-ring (bicyclic) bond motifs is 2. The van der Waals surface area contributed by atoms with Crippen molar-refractivity contribution in [2.24, 2.45) is 0 Å². The molecule has 3 heterocycles. The molecule has 0 saturated carbocycles. The van der Waals surface area contributed by atoms with Crippen molar-refractivity contribution in [3.63, 3.8) is 0 Å². The average molecular weight is 564 g/mol. The van der Waals surface area contributed by atoms with Crippen LogP contribution in [0.5, 0.6) is 0 Å². The van der Waals surface area contributed by atoms with E-state index in [1.165, 1.54) is 6.20 Å². The summed E-state index contributed by atoms with van der Waals surface area (Å²) in [5.74, 6) is 0.319. The maximum Gasteiger partial charge on any atom is 0.410 e. The van der Waals surface area contributed by atoms with E-state index in [2.05, 4.69) is 32.3 Å². The van der Waals surface area contributed by atoms with Crippen LogP contribution in [0.3, 0.4) is 0 Å². The number of piperazine rings is 1. The van der Waals surface area contributed by atoms with Crippen molar-refractivity contribution < 1.29 is 18.7 Å². The van der Waals surface area contributed by atoms with Gasteiger partial charge < -0.3 is 19.4 Å². The number of carbonyl (C=O) groups excluding carboxylic acids is 2. The summed E-state index contributed by atoms with van der Waals surface area (Å²) in [5.41, 5.74) is 4.48. The van der Waals surface area contributed by atoms with E-state index in [4.69, 9.17) is 9.15 Å². The molecule has 0 unspecified atom stereocenters. The Hall–Kier alpha value is -4.76. The normalized spacial score (nSPS) is 14.3. The third-order valence-electron chi connectivity index (χ3n) is 7.13. The summed E-state index contributed by atoms with van der Waals surface area (Å²) in [4.78, 5) is 38.4. The highest BCUT2D eigenvalue weighted by Crippen LogP contribution is 2.33. The molecule has 2 aromatic heterocycles. The Morgan fingerprint density at radius 2 is 1.67 bits per heavy atom. The van der Waals surface area contributed by atoms with Gasteiger partial charge in [-0.15, -0.1) is 0 Å². The Morgan fingerprint density at radius 1 is 0.929 bits per heavy atom. The lowest BCUT2D eigenvalue weighted by Gasteiger charge is -2.35. The van der Waals surface area contributed by atoms with Crippen molar-refractivity contribution in [1.82, 2.24) is 19.8 Å². The van der Waals surface area contributed by atoms with E-state index >= 15 is 0 Å². The highest BCUT2D eigenvalue weighted by molar-refractivity contribution is 6.05. The molecule has 5 aromatic rings. The monoisotopic (exact) mass is 563 g/mol. The van der Waals surface area contributed by atoms with E-state index in [1.54, 1.807) is 4.90 Å². The molecule has 1 N–H and O–H groups in total. The molecule has 42 heavy (non-hydrogen) atoms. The standard InChI is InChI=1S/C33H33N5O4/c1-33(2,3)42-32(40)38-16-14-37(15-17-38)21-22-12-13-29-23(18-22)19-30(41-29)24-8-4-5-9-25(24)36-31(39)28-20-34-26-10-6-7-11-27(26)35-28/h4-13,18-20H,14-17,21H2,1-3H3,(H,36,39). The van der Waals surface area contributed by atoms with Crippen molar-refractivity contribution in [2.45, 2.75) is 32.9 Å². The number of hydrogen-bond acceptors (Lipinski definition) is 7. The quantitative estimate of drug-likeness (QED) is 0.266. The van der Waals surface area contributed by atoms with Crippen LogP contribution >= 0.6 is 0 Å². The molecule has 0 spiro atoms. The van der Waals surface area contributed by atoms with Crippen molar-refractivity contribution >= 4 is 39.7 Å². The van der Waals surface area contributed by atoms with Crippen LogP contribution < -0.4 is 5.32 Å². The Kier molecular flexibility index (Phi) is 7.34. The minimum atomic E-state index is -0.495. The van der Waals surface area contributed by atoms with Gasteiger partial charge in [-0.1, -0.05) is 30.3 Å². The second kappa shape index (κ2) is 11.3. The second-order valence-corrected chi connectivity index (χ2v) is 11.5. The zero-order valence-electron chi connectivity index (χ0n) is 24.0. The van der Waals surface area contributed by atoms with Crippen LogP contribution in [0.25, 0.3) is 33.3 Å². The fourth-order valence-corrected chi connectivity index (χ4v) is 5.06. The SMILES string of the molecule is CC(C)(C)OC(=O)N1CCN(Cc2ccc3oc(-c4ccccc4NC(=O)c4cnc5ccccc5n4)cc3c2)CC1. The third-order valence-corrected chi connectivity index (χ3v) is 7.13. The average Bonchev–Trinajstić information content (AvgIpc) is 3.40. The summed E-state index contributed by atoms with van der Waals surface area (Å²) in [5, 5.41) is 3.96. The van der Waals surface area contributed by atoms with Gasteiger partial charge in [0.25, 0.3) is 5.91 Å². The lowest BCUT2D eigenvalue weighted by atomic mass is 10.1. The number of rotatable bonds is 5. The van der Waals surface area contributed by atoms with Crippen molar-refractivity contribution in [2.75, 3.05) is 31.5 Å². The van der Waals surface area contributed by atoms with Gasteiger partial charge in [-0.3, -0.25) is 14.7 Å². The molecule has 2 amide bonds. The van der Waals surface area contributed by atoms with Gasteiger partial charge in [-0.2, -0.15) is 0 Å². The number of nitrogens with one attached hydrogen (secondary N) is 1. The second-order valence-electron chi connectivity index (χ2n) is 11.5. The number of hydrogen-bond donors (Lipinski definition) is 1. The Bertz CT molecular complexity index is 1770. The Balaban J connectivity index is 1.15. The first-order valence-corrected chi connectivity index (χ1v) is 14.1. The fourth-order valence-electron chi connectivity index (χ4n) is 5.06. The van der Waals surface area contributed by atoms with Gasteiger partial charge in [0, 0.05) is 43.7 Å². The zero-order chi connectivity index (χ0) is 29.3. The van der Waals surface area contributed by atoms with Crippen LogP contribution in [0.1, 0.15) is 36.8 Å². The number of amides is 2. The molecular weight excluding hydrogens is 530 g/mol. The summed E-state index contributed by atoms with van der Waals surface area (Å²) in [6.45, 7) is 9.27. The number of aromatic nitrogens is 2. The lowest BCUT2D eigenvalue weighted by molar-refractivity contribution is 0.0139. The topological polar surface area (TPSA) is 101 Å². The zero-order valence-corrected chi connectivity index (χ0v) is 24.0. The van der Waals surface area contributed by atoms with Gasteiger partial charge in [0.1, 0.15) is 22.6 Å². The highest BCUT2D eigenvalue weighted by Gasteiger charge is 2.26. The Labute approximate surface area is 244 Å². The number of para-hydroxylation sites is 3. The van der Waals surface area contributed by atoms with Gasteiger partial charge >= 0.3 is 6.09 Å². The summed E-state index contributed by atoms with van der Waals surface area (Å²) in [6.07, 6.45) is 1.23. The van der Waals surface area contributed by atoms with Crippen LogP contribution in [0.15, 0.2) is 83.4 Å². The summed E-state index contributed by atoms with van der Waals surface area (Å²) < 4.78 is 11.7. The van der Waals surface area contributed by atoms with E-state index < -0.39 is 5.60 Å². The summed E-state index contributed by atoms with van der Waals surface area (Å²) in [7, 11) is 0. The van der Waals surface area contributed by atoms with Gasteiger partial charge in [0.15, 0.2) is 0 Å². The molecule has 6 rings (SSSR count). The number of carbonyl (C=O) groups is 2. The molecule has 9 nitrogen and oxygen atoms in total. The van der Waals surface area contributed by atoms with Crippen LogP contribution in [-0.4, -0.2) is 63.5 Å². The van der Waals surface area contributed by atoms with E-state index in [1.807, 2.05) is 81.4 Å². The van der Waals surface area contributed by atoms with Gasteiger partial charge in [-0.05, 0) is 68.8 Å². The number of nitrogens with zero attached hydrogens (tertiary/aromatic N) is 4. The van der Waals surface area contributed by atoms with Crippen LogP contribution in [0.4, 0.5) is 10.5 Å². The largest absolute Gasteiger partial charge is 0.456 e. The molecule has 0 aliphatic carbocycles. The van der Waals surface area contributed by atoms with E-state index in [9.17, 15) is 9.59 Å². The number of furan rings is 1. The third kappa shape index (κ3) is 6.11. The van der Waals surface area contributed by atoms with Crippen molar-refractivity contribution in [3.8, 4) is 11.3 Å². The van der Waals surface area contributed by atoms with Crippen LogP contribution in [0.2, 0.25) is 0 Å². The molecule has 0 radical (unpaired) electrons. The maximum atomic E-state index is 13.1. The van der Waals surface area contributed by atoms with Crippen molar-refractivity contribution in [1.29, 1.82) is 0 Å². The molecule has 214 valence electrons. The number of anilines is 1. The fraction of sp³-hybridized carbons (Fsp3) is 0.273. The molecule has 0 bridgehead atoms. The van der Waals surface area contributed by atoms with Crippen LogP contribution in [0, 0.1) is 0 Å². The molecule has 1 saturated heterocycles. The molecule has 1 fully saturated rings. The summed E-state index contributed by atoms with van der Waals surface area (Å²) >= 11 is 0. The van der Waals surface area contributed by atoms with Gasteiger partial charge in [0.05, 0.1) is 22.9 Å². The molecule has 0 atom stereocenters. The number of benzene rings is 3. The maximum absolute atomic E-state index is 13.1. The molecule has 1 aliphatic rings. The smallest absolute Gasteiger partial charge is 0.410 e. The molecular formula is C33H33N5O4. The predicted molar refractivity (Wildman–Crippen MR) is 162 cm³/mol. The van der Waals surface area contributed by atoms with Gasteiger partial charge in [-0.25, -0.2) is 9.78 Å². The first-order valence-electron chi connectivity index (χ1n) is 14.1. The minimum Gasteiger partial charge on any atom is -0.456 e. The first kappa shape index (κ1) is 27.4. The predicted octanol–water partition coefficient (Wildman–Crippen LogP) is 6.35. The first-order chi connectivity index (χ1) is 20.2. The molecule has 9 heteroatoms. The Morgan fingerprint density at radius 3 is 2.45 bits per heavy atom. The minimum absolute atomic E-state index is 0.240. The van der Waals surface area contributed by atoms with Gasteiger partial charge in [0.2, 0.25) is 0 Å². The molecule has 3 aromatic carbocycles.